The summed E-state index contributed by atoms with van der Waals surface area (Å²) in [6.45, 7) is 24.3. The van der Waals surface area contributed by atoms with Crippen LogP contribution >= 0.6 is 0 Å². The van der Waals surface area contributed by atoms with Crippen molar-refractivity contribution in [3.8, 4) is 0 Å². The molecule has 3 aromatic heterocycles. The predicted molar refractivity (Wildman–Crippen MR) is 251 cm³/mol. The van der Waals surface area contributed by atoms with Gasteiger partial charge in [0.2, 0.25) is 0 Å². The van der Waals surface area contributed by atoms with Gasteiger partial charge in [0.05, 0.1) is 24.2 Å². The van der Waals surface area contributed by atoms with Crippen molar-refractivity contribution in [2.45, 2.75) is 170 Å². The van der Waals surface area contributed by atoms with Gasteiger partial charge in [0.1, 0.15) is 6.61 Å². The number of aryl methyl sites for hydroxylation is 1. The Balaban J connectivity index is 1.26. The summed E-state index contributed by atoms with van der Waals surface area (Å²) >= 11 is 0. The maximum Gasteiger partial charge on any atom is 0.313 e. The molecule has 1 aliphatic carbocycles. The Hall–Kier alpha value is -4.53. The monoisotopic (exact) mass is 847 g/mol. The highest BCUT2D eigenvalue weighted by molar-refractivity contribution is 6.04. The van der Waals surface area contributed by atoms with Crippen molar-refractivity contribution in [3.63, 3.8) is 0 Å². The maximum atomic E-state index is 13.5. The second-order valence-corrected chi connectivity index (χ2v) is 19.9. The highest BCUT2D eigenvalue weighted by Gasteiger charge is 2.40. The molecule has 9 heteroatoms. The van der Waals surface area contributed by atoms with E-state index in [0.29, 0.717) is 24.3 Å². The van der Waals surface area contributed by atoms with Crippen LogP contribution in [0.25, 0.3) is 22.1 Å². The predicted octanol–water partition coefficient (Wildman–Crippen LogP) is 13.0. The number of carbonyl (C=O) groups excluding carboxylic acids is 3. The highest BCUT2D eigenvalue weighted by atomic mass is 16.5. The molecule has 3 aromatic rings. The fourth-order valence-electron chi connectivity index (χ4n) is 10.7. The number of aromatic nitrogens is 4. The summed E-state index contributed by atoms with van der Waals surface area (Å²) < 4.78 is 11.2. The second kappa shape index (κ2) is 20.3. The van der Waals surface area contributed by atoms with Crippen LogP contribution in [0.5, 0.6) is 0 Å². The van der Waals surface area contributed by atoms with Crippen LogP contribution in [0.1, 0.15) is 206 Å². The van der Waals surface area contributed by atoms with E-state index in [1.165, 1.54) is 44.8 Å². The molecule has 9 nitrogen and oxygen atoms in total. The molecule has 336 valence electrons. The molecule has 62 heavy (non-hydrogen) atoms. The lowest BCUT2D eigenvalue weighted by Crippen LogP contribution is -2.16. The van der Waals surface area contributed by atoms with Crippen LogP contribution in [0.3, 0.4) is 0 Å². The van der Waals surface area contributed by atoms with Gasteiger partial charge < -0.3 is 19.4 Å². The number of nitrogens with one attached hydrogen (secondary N) is 2. The molecule has 2 aliphatic heterocycles. The van der Waals surface area contributed by atoms with Crippen molar-refractivity contribution in [2.75, 3.05) is 13.7 Å². The summed E-state index contributed by atoms with van der Waals surface area (Å²) in [5, 5.41) is 0. The quantitative estimate of drug-likeness (QED) is 0.0741. The number of esters is 2. The van der Waals surface area contributed by atoms with Gasteiger partial charge in [-0.05, 0) is 118 Å². The first kappa shape index (κ1) is 47.0. The van der Waals surface area contributed by atoms with Crippen LogP contribution in [-0.4, -0.2) is 51.4 Å². The molecule has 8 atom stereocenters. The summed E-state index contributed by atoms with van der Waals surface area (Å²) in [5.74, 6) is 1.90. The number of ketones is 1. The van der Waals surface area contributed by atoms with E-state index >= 15 is 0 Å². The van der Waals surface area contributed by atoms with Gasteiger partial charge in [-0.3, -0.25) is 24.4 Å². The Morgan fingerprint density at radius 1 is 0.839 bits per heavy atom. The van der Waals surface area contributed by atoms with E-state index in [9.17, 15) is 14.4 Å². The molecule has 0 spiro atoms. The van der Waals surface area contributed by atoms with E-state index in [0.717, 1.165) is 92.1 Å². The van der Waals surface area contributed by atoms with E-state index in [-0.39, 0.29) is 54.4 Å². The Kier molecular flexibility index (Phi) is 15.4. The zero-order valence-electron chi connectivity index (χ0n) is 39.8. The number of methoxy groups -OCH3 is 1. The molecule has 0 radical (unpaired) electrons. The van der Waals surface area contributed by atoms with Crippen molar-refractivity contribution in [3.05, 3.63) is 80.9 Å². The van der Waals surface area contributed by atoms with E-state index < -0.39 is 5.92 Å². The molecule has 3 unspecified atom stereocenters. The van der Waals surface area contributed by atoms with E-state index in [1.807, 2.05) is 19.1 Å². The molecule has 0 aromatic carbocycles. The van der Waals surface area contributed by atoms with Crippen LogP contribution in [-0.2, 0) is 25.5 Å². The van der Waals surface area contributed by atoms with Crippen LogP contribution < -0.4 is 0 Å². The summed E-state index contributed by atoms with van der Waals surface area (Å²) in [6, 6.07) is 8.34. The normalized spacial score (nSPS) is 21.2. The Bertz CT molecular complexity index is 2310. The molecule has 8 bridgehead atoms. The Morgan fingerprint density at radius 3 is 2.18 bits per heavy atom. The van der Waals surface area contributed by atoms with Gasteiger partial charge >= 0.3 is 11.9 Å². The number of hydrogen-bond acceptors (Lipinski definition) is 7. The first-order valence-corrected chi connectivity index (χ1v) is 23.7. The lowest BCUT2D eigenvalue weighted by molar-refractivity contribution is -0.143. The minimum Gasteiger partial charge on any atom is -0.469 e. The highest BCUT2D eigenvalue weighted by Crippen LogP contribution is 2.47. The molecule has 2 N–H and O–H groups in total. The summed E-state index contributed by atoms with van der Waals surface area (Å²) in [5.41, 5.74) is 11.6. The van der Waals surface area contributed by atoms with Gasteiger partial charge in [0.15, 0.2) is 5.78 Å². The number of nitrogens with zero attached hydrogens (tertiary/aromatic N) is 2. The third-order valence-corrected chi connectivity index (χ3v) is 14.3. The van der Waals surface area contributed by atoms with E-state index in [2.05, 4.69) is 90.5 Å². The fraction of sp³-hybridized carbons (Fsp3) is 0.604. The van der Waals surface area contributed by atoms with Gasteiger partial charge in [-0.2, -0.15) is 0 Å². The number of H-pyrrole nitrogens is 2. The summed E-state index contributed by atoms with van der Waals surface area (Å²) in [4.78, 5) is 57.8. The van der Waals surface area contributed by atoms with Crippen LogP contribution in [0.2, 0.25) is 0 Å². The third-order valence-electron chi connectivity index (χ3n) is 14.3. The topological polar surface area (TPSA) is 127 Å². The molecule has 0 saturated carbocycles. The maximum absolute atomic E-state index is 13.5. The molecule has 0 fully saturated rings. The van der Waals surface area contributed by atoms with E-state index in [4.69, 9.17) is 19.4 Å². The summed E-state index contributed by atoms with van der Waals surface area (Å²) in [7, 11) is 1.43. The molecule has 0 saturated heterocycles. The molecule has 5 heterocycles. The number of Topliss-reactive ketones (excluding diaryl/α,β-unsaturated/α-hetero) is 1. The molecule has 6 rings (SSSR count). The lowest BCUT2D eigenvalue weighted by Gasteiger charge is -2.20. The number of aromatic amines is 2. The number of hydrogen-bond donors (Lipinski definition) is 2. The fourth-order valence-corrected chi connectivity index (χ4v) is 10.7. The Morgan fingerprint density at radius 2 is 1.50 bits per heavy atom. The number of fused-ring (bicyclic) bond motifs is 8. The third kappa shape index (κ3) is 10.6. The lowest BCUT2D eigenvalue weighted by atomic mass is 9.84. The average Bonchev–Trinajstić information content (AvgIpc) is 3.99. The first-order chi connectivity index (χ1) is 29.5. The van der Waals surface area contributed by atoms with Gasteiger partial charge in [-0.15, -0.1) is 0 Å². The van der Waals surface area contributed by atoms with Crippen molar-refractivity contribution < 1.29 is 23.9 Å². The van der Waals surface area contributed by atoms with Crippen molar-refractivity contribution >= 4 is 39.8 Å². The van der Waals surface area contributed by atoms with Gasteiger partial charge in [-0.1, -0.05) is 86.6 Å². The number of rotatable bonds is 18. The van der Waals surface area contributed by atoms with Gasteiger partial charge in [-0.25, -0.2) is 0 Å². The van der Waals surface area contributed by atoms with Crippen molar-refractivity contribution in [1.82, 2.24) is 19.9 Å². The Labute approximate surface area is 370 Å². The van der Waals surface area contributed by atoms with Crippen LogP contribution in [0.15, 0.2) is 35.9 Å². The number of carbonyl (C=O) groups is 3. The molecule has 0 amide bonds. The van der Waals surface area contributed by atoms with E-state index in [1.54, 1.807) is 6.92 Å². The van der Waals surface area contributed by atoms with Gasteiger partial charge in [0.25, 0.3) is 0 Å². The zero-order chi connectivity index (χ0) is 45.0. The molecule has 3 aliphatic rings. The smallest absolute Gasteiger partial charge is 0.313 e. The van der Waals surface area contributed by atoms with Crippen molar-refractivity contribution in [1.29, 1.82) is 0 Å². The van der Waals surface area contributed by atoms with Crippen molar-refractivity contribution in [2.24, 2.45) is 23.7 Å². The molecular weight excluding hydrogens is 773 g/mol. The SMILES string of the molecule is CC[C@H]1c2cc3cc4c([nH]3)c(c3nc(cc5[nH]c(cc(n2)[C@@H]1C)c(C(C)=O)c5C)[C@@H](C)[C@@H]3CCC(=O)OC/C=C(\C)CC(C)CCC(C)CC(C)CCC(C)C)[C@@H](C(=O)OC)C4. The standard InChI is InChI=1S/C53H74N4O5/c1-13-40-34(8)43-28-47-49(37(11)58)36(10)45(56-47)27-44-35(9)41(52(57-44)50-42(53(60)61-12)25-38-24-39(54-51(38)50)26-46(40)55-43)18-19-48(59)62-21-20-33(7)23-32(6)17-16-31(5)22-30(4)15-14-29(2)3/h20,24,26-32,34-35,40-42,54,56H,13-19,21-23,25H2,1-12H3/b33-20+,39-26?,43-28?,44-27?,45-27?,46-26?,47-28?,52-50?/t30?,31?,32?,34-,35+,40-,41+,42+/m1/s1. The second-order valence-electron chi connectivity index (χ2n) is 19.9. The van der Waals surface area contributed by atoms with Crippen LogP contribution in [0.4, 0.5) is 0 Å². The minimum absolute atomic E-state index is 0.0163. The van der Waals surface area contributed by atoms with Gasteiger partial charge in [0, 0.05) is 74.9 Å². The number of allylic oxidation sites excluding steroid dienone is 1. The molecular formula is C53H74N4O5. The average molecular weight is 847 g/mol. The zero-order valence-corrected chi connectivity index (χ0v) is 39.8. The van der Waals surface area contributed by atoms with Crippen LogP contribution in [0, 0.1) is 30.6 Å². The number of ether oxygens (including phenoxy) is 2. The largest absolute Gasteiger partial charge is 0.469 e. The minimum atomic E-state index is -0.532. The first-order valence-electron chi connectivity index (χ1n) is 23.7. The summed E-state index contributed by atoms with van der Waals surface area (Å²) in [6.07, 6.45) is 11.6.